The van der Waals surface area contributed by atoms with Crippen molar-refractivity contribution in [3.05, 3.63) is 30.2 Å². The molecular formula is C14H12F3N3O3. The van der Waals surface area contributed by atoms with Gasteiger partial charge in [-0.3, -0.25) is 4.79 Å². The Morgan fingerprint density at radius 3 is 2.61 bits per heavy atom. The molecule has 2 heterocycles. The Balaban J connectivity index is 1.67. The summed E-state index contributed by atoms with van der Waals surface area (Å²) < 4.78 is 47.2. The van der Waals surface area contributed by atoms with Crippen molar-refractivity contribution in [2.75, 3.05) is 13.1 Å². The van der Waals surface area contributed by atoms with Gasteiger partial charge in [-0.15, -0.1) is 0 Å². The van der Waals surface area contributed by atoms with E-state index >= 15 is 0 Å². The van der Waals surface area contributed by atoms with Gasteiger partial charge in [0.2, 0.25) is 12.2 Å². The van der Waals surface area contributed by atoms with E-state index in [1.807, 2.05) is 0 Å². The summed E-state index contributed by atoms with van der Waals surface area (Å²) in [5.74, 6) is -0.962. The number of hydrogen-bond donors (Lipinski definition) is 0. The molecule has 3 rings (SSSR count). The summed E-state index contributed by atoms with van der Waals surface area (Å²) in [7, 11) is 0. The third-order valence-electron chi connectivity index (χ3n) is 3.41. The maximum absolute atomic E-state index is 12.4. The first-order chi connectivity index (χ1) is 11.0. The minimum absolute atomic E-state index is 0.0898. The van der Waals surface area contributed by atoms with Crippen molar-refractivity contribution in [3.63, 3.8) is 0 Å². The number of halogens is 3. The predicted octanol–water partition coefficient (Wildman–Crippen LogP) is 2.36. The summed E-state index contributed by atoms with van der Waals surface area (Å²) >= 11 is 0. The first-order valence-corrected chi connectivity index (χ1v) is 6.83. The molecule has 0 aliphatic carbocycles. The quantitative estimate of drug-likeness (QED) is 0.807. The minimum atomic E-state index is -4.67. The molecule has 1 atom stereocenters. The van der Waals surface area contributed by atoms with E-state index in [9.17, 15) is 18.0 Å². The number of rotatable bonds is 4. The lowest BCUT2D eigenvalue weighted by Crippen LogP contribution is -2.23. The van der Waals surface area contributed by atoms with Crippen molar-refractivity contribution in [2.45, 2.75) is 18.7 Å². The van der Waals surface area contributed by atoms with E-state index in [2.05, 4.69) is 14.7 Å². The Kier molecular flexibility index (Phi) is 3.93. The Bertz CT molecular complexity index is 685. The SMILES string of the molecule is O=CN1CCC(Oc2ccc(-c3noc(C(F)(F)F)n3)cc2)C1. The maximum atomic E-state index is 12.4. The number of carbonyl (C=O) groups excluding carboxylic acids is 1. The Hall–Kier alpha value is -2.58. The fraction of sp³-hybridized carbons (Fsp3) is 0.357. The number of hydrogen-bond acceptors (Lipinski definition) is 5. The molecule has 23 heavy (non-hydrogen) atoms. The third kappa shape index (κ3) is 3.43. The van der Waals surface area contributed by atoms with Gasteiger partial charge in [-0.25, -0.2) is 0 Å². The normalized spacial score (nSPS) is 18.2. The molecule has 1 aromatic heterocycles. The molecule has 0 N–H and O–H groups in total. The second-order valence-corrected chi connectivity index (χ2v) is 5.07. The van der Waals surface area contributed by atoms with Crippen molar-refractivity contribution < 1.29 is 27.2 Å². The van der Waals surface area contributed by atoms with E-state index in [1.54, 1.807) is 29.2 Å². The van der Waals surface area contributed by atoms with Gasteiger partial charge in [0.05, 0.1) is 6.54 Å². The zero-order chi connectivity index (χ0) is 16.4. The molecule has 122 valence electrons. The van der Waals surface area contributed by atoms with Gasteiger partial charge in [-0.05, 0) is 24.3 Å². The fourth-order valence-electron chi connectivity index (χ4n) is 2.28. The lowest BCUT2D eigenvalue weighted by molar-refractivity contribution is -0.159. The topological polar surface area (TPSA) is 68.5 Å². The summed E-state index contributed by atoms with van der Waals surface area (Å²) in [6.07, 6.45) is -3.24. The number of likely N-dealkylation sites (tertiary alicyclic amines) is 1. The smallest absolute Gasteiger partial charge is 0.471 e. The van der Waals surface area contributed by atoms with E-state index in [1.165, 1.54) is 0 Å². The number of alkyl halides is 3. The van der Waals surface area contributed by atoms with E-state index in [0.717, 1.165) is 12.8 Å². The lowest BCUT2D eigenvalue weighted by Gasteiger charge is -2.13. The molecular weight excluding hydrogens is 315 g/mol. The van der Waals surface area contributed by atoms with E-state index in [4.69, 9.17) is 4.74 Å². The predicted molar refractivity (Wildman–Crippen MR) is 71.4 cm³/mol. The van der Waals surface area contributed by atoms with E-state index < -0.39 is 12.1 Å². The van der Waals surface area contributed by atoms with Crippen LogP contribution >= 0.6 is 0 Å². The Morgan fingerprint density at radius 1 is 1.30 bits per heavy atom. The Labute approximate surface area is 128 Å². The number of amides is 1. The number of ether oxygens (including phenoxy) is 1. The van der Waals surface area contributed by atoms with E-state index in [0.29, 0.717) is 24.4 Å². The molecule has 1 aliphatic heterocycles. The van der Waals surface area contributed by atoms with Gasteiger partial charge in [0, 0.05) is 18.5 Å². The van der Waals surface area contributed by atoms with Crippen LogP contribution in [0.15, 0.2) is 28.8 Å². The van der Waals surface area contributed by atoms with Gasteiger partial charge in [0.15, 0.2) is 0 Å². The first-order valence-electron chi connectivity index (χ1n) is 6.83. The second-order valence-electron chi connectivity index (χ2n) is 5.07. The average Bonchev–Trinajstić information content (AvgIpc) is 3.16. The number of benzene rings is 1. The van der Waals surface area contributed by atoms with Gasteiger partial charge < -0.3 is 14.2 Å². The van der Waals surface area contributed by atoms with Crippen LogP contribution in [0.1, 0.15) is 12.3 Å². The van der Waals surface area contributed by atoms with Crippen LogP contribution in [0.3, 0.4) is 0 Å². The van der Waals surface area contributed by atoms with Crippen LogP contribution in [-0.2, 0) is 11.0 Å². The van der Waals surface area contributed by atoms with Crippen molar-refractivity contribution in [3.8, 4) is 17.1 Å². The molecule has 0 saturated carbocycles. The molecule has 9 heteroatoms. The third-order valence-corrected chi connectivity index (χ3v) is 3.41. The van der Waals surface area contributed by atoms with Crippen molar-refractivity contribution in [1.29, 1.82) is 0 Å². The molecule has 0 radical (unpaired) electrons. The van der Waals surface area contributed by atoms with Crippen LogP contribution in [0.25, 0.3) is 11.4 Å². The van der Waals surface area contributed by atoms with Gasteiger partial charge in [0.25, 0.3) is 0 Å². The number of nitrogens with zero attached hydrogens (tertiary/aromatic N) is 3. The summed E-state index contributed by atoms with van der Waals surface area (Å²) in [6, 6.07) is 6.32. The van der Waals surface area contributed by atoms with Crippen LogP contribution in [0.2, 0.25) is 0 Å². The molecule has 1 saturated heterocycles. The van der Waals surface area contributed by atoms with Crippen molar-refractivity contribution in [1.82, 2.24) is 15.0 Å². The molecule has 1 aliphatic rings. The van der Waals surface area contributed by atoms with E-state index in [-0.39, 0.29) is 11.9 Å². The molecule has 0 bridgehead atoms. The van der Waals surface area contributed by atoms with Crippen molar-refractivity contribution in [2.24, 2.45) is 0 Å². The number of carbonyl (C=O) groups is 1. The molecule has 1 unspecified atom stereocenters. The van der Waals surface area contributed by atoms with Crippen LogP contribution in [-0.4, -0.2) is 40.6 Å². The molecule has 2 aromatic rings. The number of aromatic nitrogens is 2. The summed E-state index contributed by atoms with van der Waals surface area (Å²) in [4.78, 5) is 15.6. The maximum Gasteiger partial charge on any atom is 0.471 e. The van der Waals surface area contributed by atoms with Gasteiger partial charge in [-0.2, -0.15) is 18.2 Å². The first kappa shape index (κ1) is 15.3. The molecule has 6 nitrogen and oxygen atoms in total. The van der Waals surface area contributed by atoms with Crippen molar-refractivity contribution >= 4 is 6.41 Å². The lowest BCUT2D eigenvalue weighted by atomic mass is 10.2. The van der Waals surface area contributed by atoms with Crippen LogP contribution in [0, 0.1) is 0 Å². The largest absolute Gasteiger partial charge is 0.489 e. The fourth-order valence-corrected chi connectivity index (χ4v) is 2.28. The molecule has 1 amide bonds. The van der Waals surface area contributed by atoms with Gasteiger partial charge >= 0.3 is 12.1 Å². The highest BCUT2D eigenvalue weighted by atomic mass is 19.4. The minimum Gasteiger partial charge on any atom is -0.489 e. The zero-order valence-electron chi connectivity index (χ0n) is 11.8. The zero-order valence-corrected chi connectivity index (χ0v) is 11.8. The Morgan fingerprint density at radius 2 is 2.04 bits per heavy atom. The standard InChI is InChI=1S/C14H12F3N3O3/c15-14(16,17)13-18-12(19-23-13)9-1-3-10(4-2-9)22-11-5-6-20(7-11)8-21/h1-4,8,11H,5-7H2. The summed E-state index contributed by atoms with van der Waals surface area (Å²) in [6.45, 7) is 1.17. The molecule has 1 fully saturated rings. The van der Waals surface area contributed by atoms with Gasteiger partial charge in [0.1, 0.15) is 11.9 Å². The summed E-state index contributed by atoms with van der Waals surface area (Å²) in [5.41, 5.74) is 0.387. The van der Waals surface area contributed by atoms with Crippen LogP contribution in [0.4, 0.5) is 13.2 Å². The van der Waals surface area contributed by atoms with Gasteiger partial charge in [-0.1, -0.05) is 5.16 Å². The van der Waals surface area contributed by atoms with Crippen LogP contribution < -0.4 is 4.74 Å². The molecule has 0 spiro atoms. The average molecular weight is 327 g/mol. The van der Waals surface area contributed by atoms with Crippen LogP contribution in [0.5, 0.6) is 5.75 Å². The summed E-state index contributed by atoms with van der Waals surface area (Å²) in [5, 5.41) is 3.31. The monoisotopic (exact) mass is 327 g/mol. The highest BCUT2D eigenvalue weighted by Crippen LogP contribution is 2.30. The second kappa shape index (κ2) is 5.90. The highest BCUT2D eigenvalue weighted by molar-refractivity contribution is 5.55. The molecule has 1 aromatic carbocycles. The highest BCUT2D eigenvalue weighted by Gasteiger charge is 2.38.